The van der Waals surface area contributed by atoms with Crippen LogP contribution in [0.5, 0.6) is 0 Å². The van der Waals surface area contributed by atoms with Crippen molar-refractivity contribution in [3.8, 4) is 0 Å². The number of hydrogen-bond donors (Lipinski definition) is 0. The monoisotopic (exact) mass is 402 g/mol. The Morgan fingerprint density at radius 2 is 1.62 bits per heavy atom. The van der Waals surface area contributed by atoms with E-state index in [2.05, 4.69) is 59.9 Å². The summed E-state index contributed by atoms with van der Waals surface area (Å²) in [5.41, 5.74) is 1.78. The zero-order valence-corrected chi connectivity index (χ0v) is 12.7. The van der Waals surface area contributed by atoms with Gasteiger partial charge in [0, 0.05) is 19.7 Å². The van der Waals surface area contributed by atoms with Crippen molar-refractivity contribution in [2.45, 2.75) is 0 Å². The lowest BCUT2D eigenvalue weighted by Gasteiger charge is -1.94. The summed E-state index contributed by atoms with van der Waals surface area (Å²) >= 11 is 10.4. The molecule has 4 heteroatoms. The summed E-state index contributed by atoms with van der Waals surface area (Å²) in [4.78, 5) is 0. The SMILES string of the molecule is Brc1ccc2c(c1)oc1c(Br)cc(Br)cc12. The lowest BCUT2D eigenvalue weighted by Crippen LogP contribution is -1.70. The normalized spacial score (nSPS) is 11.4. The van der Waals surface area contributed by atoms with Crippen molar-refractivity contribution in [3.05, 3.63) is 43.7 Å². The van der Waals surface area contributed by atoms with Crippen LogP contribution in [-0.4, -0.2) is 0 Å². The van der Waals surface area contributed by atoms with Crippen LogP contribution in [0.1, 0.15) is 0 Å². The van der Waals surface area contributed by atoms with Gasteiger partial charge in [0.15, 0.2) is 0 Å². The average Bonchev–Trinajstić information content (AvgIpc) is 2.56. The first-order chi connectivity index (χ1) is 7.65. The molecular weight excluding hydrogens is 400 g/mol. The molecule has 80 valence electrons. The third-order valence-electron chi connectivity index (χ3n) is 2.45. The molecule has 1 nitrogen and oxygen atoms in total. The lowest BCUT2D eigenvalue weighted by molar-refractivity contribution is 0.666. The maximum Gasteiger partial charge on any atom is 0.149 e. The zero-order valence-electron chi connectivity index (χ0n) is 7.93. The first-order valence-electron chi connectivity index (χ1n) is 4.62. The van der Waals surface area contributed by atoms with E-state index in [4.69, 9.17) is 4.42 Å². The molecular formula is C12H5Br3O. The van der Waals surface area contributed by atoms with Gasteiger partial charge in [-0.2, -0.15) is 0 Å². The molecule has 0 amide bonds. The van der Waals surface area contributed by atoms with Crippen LogP contribution in [0.25, 0.3) is 21.9 Å². The summed E-state index contributed by atoms with van der Waals surface area (Å²) in [7, 11) is 0. The van der Waals surface area contributed by atoms with Gasteiger partial charge >= 0.3 is 0 Å². The van der Waals surface area contributed by atoms with Crippen molar-refractivity contribution in [3.63, 3.8) is 0 Å². The summed E-state index contributed by atoms with van der Waals surface area (Å²) in [5.74, 6) is 0. The molecule has 0 bridgehead atoms. The fourth-order valence-electron chi connectivity index (χ4n) is 1.78. The number of benzene rings is 2. The number of rotatable bonds is 0. The highest BCUT2D eigenvalue weighted by Gasteiger charge is 2.10. The van der Waals surface area contributed by atoms with Gasteiger partial charge in [0.1, 0.15) is 11.2 Å². The number of halogens is 3. The molecule has 0 aliphatic rings. The van der Waals surface area contributed by atoms with E-state index in [1.165, 1.54) is 0 Å². The van der Waals surface area contributed by atoms with Gasteiger partial charge in [-0.3, -0.25) is 0 Å². The highest BCUT2D eigenvalue weighted by Crippen LogP contribution is 2.36. The molecule has 3 rings (SSSR count). The molecule has 0 fully saturated rings. The Morgan fingerprint density at radius 3 is 2.44 bits per heavy atom. The topological polar surface area (TPSA) is 13.1 Å². The Kier molecular flexibility index (Phi) is 2.61. The van der Waals surface area contributed by atoms with Crippen LogP contribution >= 0.6 is 47.8 Å². The van der Waals surface area contributed by atoms with Gasteiger partial charge in [0.25, 0.3) is 0 Å². The fraction of sp³-hybridized carbons (Fsp3) is 0. The van der Waals surface area contributed by atoms with Crippen LogP contribution in [0.3, 0.4) is 0 Å². The molecule has 0 atom stereocenters. The second kappa shape index (κ2) is 3.86. The first kappa shape index (κ1) is 10.8. The predicted molar refractivity (Wildman–Crippen MR) is 76.8 cm³/mol. The van der Waals surface area contributed by atoms with Gasteiger partial charge in [0.05, 0.1) is 4.47 Å². The smallest absolute Gasteiger partial charge is 0.149 e. The number of fused-ring (bicyclic) bond motifs is 3. The summed E-state index contributed by atoms with van der Waals surface area (Å²) in [6.45, 7) is 0. The van der Waals surface area contributed by atoms with E-state index < -0.39 is 0 Å². The second-order valence-corrected chi connectivity index (χ2v) is 6.19. The standard InChI is InChI=1S/C12H5Br3O/c13-6-1-2-8-9-3-7(14)4-10(15)12(9)16-11(8)5-6/h1-5H. The maximum atomic E-state index is 5.82. The Balaban J connectivity index is 2.55. The quantitative estimate of drug-likeness (QED) is 0.456. The Morgan fingerprint density at radius 1 is 0.812 bits per heavy atom. The summed E-state index contributed by atoms with van der Waals surface area (Å²) in [6.07, 6.45) is 0. The van der Waals surface area contributed by atoms with Gasteiger partial charge in [-0.05, 0) is 46.3 Å². The highest BCUT2D eigenvalue weighted by molar-refractivity contribution is 9.11. The molecule has 3 aromatic rings. The Hall–Kier alpha value is -0.320. The average molecular weight is 405 g/mol. The fourth-order valence-corrected chi connectivity index (χ4v) is 3.42. The first-order valence-corrected chi connectivity index (χ1v) is 7.00. The molecule has 0 unspecified atom stereocenters. The van der Waals surface area contributed by atoms with E-state index in [1.54, 1.807) is 0 Å². The molecule has 0 aliphatic carbocycles. The highest BCUT2D eigenvalue weighted by atomic mass is 79.9. The van der Waals surface area contributed by atoms with Crippen molar-refractivity contribution in [2.24, 2.45) is 0 Å². The van der Waals surface area contributed by atoms with Crippen LogP contribution in [0.4, 0.5) is 0 Å². The largest absolute Gasteiger partial charge is 0.455 e. The molecule has 0 radical (unpaired) electrons. The second-order valence-electron chi connectivity index (χ2n) is 3.51. The minimum Gasteiger partial charge on any atom is -0.455 e. The van der Waals surface area contributed by atoms with Crippen molar-refractivity contribution >= 4 is 69.7 Å². The molecule has 0 aliphatic heterocycles. The summed E-state index contributed by atoms with van der Waals surface area (Å²) in [5, 5.41) is 2.24. The predicted octanol–water partition coefficient (Wildman–Crippen LogP) is 5.87. The van der Waals surface area contributed by atoms with Crippen LogP contribution in [0, 0.1) is 0 Å². The summed E-state index contributed by atoms with van der Waals surface area (Å²) < 4.78 is 8.85. The van der Waals surface area contributed by atoms with E-state index in [1.807, 2.05) is 18.2 Å². The summed E-state index contributed by atoms with van der Waals surface area (Å²) in [6, 6.07) is 10.1. The number of hydrogen-bond acceptors (Lipinski definition) is 1. The van der Waals surface area contributed by atoms with Crippen molar-refractivity contribution in [2.75, 3.05) is 0 Å². The zero-order chi connectivity index (χ0) is 11.3. The van der Waals surface area contributed by atoms with E-state index >= 15 is 0 Å². The van der Waals surface area contributed by atoms with E-state index in [0.717, 1.165) is 35.4 Å². The molecule has 1 heterocycles. The lowest BCUT2D eigenvalue weighted by atomic mass is 10.2. The minimum absolute atomic E-state index is 0.885. The van der Waals surface area contributed by atoms with Crippen LogP contribution in [0.15, 0.2) is 48.2 Å². The van der Waals surface area contributed by atoms with Gasteiger partial charge in [-0.15, -0.1) is 0 Å². The molecule has 0 saturated carbocycles. The Labute approximate surface area is 117 Å². The van der Waals surface area contributed by atoms with Crippen LogP contribution < -0.4 is 0 Å². The molecule has 1 aromatic heterocycles. The third-order valence-corrected chi connectivity index (χ3v) is 3.99. The maximum absolute atomic E-state index is 5.82. The number of furan rings is 1. The van der Waals surface area contributed by atoms with Gasteiger partial charge in [-0.25, -0.2) is 0 Å². The van der Waals surface area contributed by atoms with Gasteiger partial charge in [-0.1, -0.05) is 31.9 Å². The molecule has 2 aromatic carbocycles. The van der Waals surface area contributed by atoms with Crippen LogP contribution in [0.2, 0.25) is 0 Å². The van der Waals surface area contributed by atoms with Crippen LogP contribution in [-0.2, 0) is 0 Å². The van der Waals surface area contributed by atoms with Gasteiger partial charge in [0.2, 0.25) is 0 Å². The molecule has 0 N–H and O–H groups in total. The minimum atomic E-state index is 0.885. The van der Waals surface area contributed by atoms with Crippen molar-refractivity contribution in [1.82, 2.24) is 0 Å². The molecule has 16 heavy (non-hydrogen) atoms. The molecule has 0 saturated heterocycles. The van der Waals surface area contributed by atoms with Crippen molar-refractivity contribution in [1.29, 1.82) is 0 Å². The third kappa shape index (κ3) is 1.63. The van der Waals surface area contributed by atoms with Gasteiger partial charge < -0.3 is 4.42 Å². The van der Waals surface area contributed by atoms with E-state index in [9.17, 15) is 0 Å². The van der Waals surface area contributed by atoms with E-state index in [-0.39, 0.29) is 0 Å². The molecule has 0 spiro atoms. The van der Waals surface area contributed by atoms with Crippen molar-refractivity contribution < 1.29 is 4.42 Å². The van der Waals surface area contributed by atoms with E-state index in [0.29, 0.717) is 0 Å². The Bertz CT molecular complexity index is 700.